The molecule has 0 unspecified atom stereocenters. The highest BCUT2D eigenvalue weighted by molar-refractivity contribution is 5.92. The molecule has 1 aliphatic carbocycles. The van der Waals surface area contributed by atoms with Crippen LogP contribution < -0.4 is 10.6 Å². The van der Waals surface area contributed by atoms with Gasteiger partial charge in [0.25, 0.3) is 0 Å². The molecule has 2 amide bonds. The molecule has 0 heterocycles. The van der Waals surface area contributed by atoms with Gasteiger partial charge in [0.1, 0.15) is 5.82 Å². The normalized spacial score (nSPS) is 20.8. The van der Waals surface area contributed by atoms with E-state index in [-0.39, 0.29) is 29.3 Å². The van der Waals surface area contributed by atoms with E-state index < -0.39 is 5.82 Å². The van der Waals surface area contributed by atoms with Gasteiger partial charge in [0.15, 0.2) is 0 Å². The summed E-state index contributed by atoms with van der Waals surface area (Å²) in [6, 6.07) is 6.16. The summed E-state index contributed by atoms with van der Waals surface area (Å²) in [7, 11) is 0. The van der Waals surface area contributed by atoms with Crippen molar-refractivity contribution in [2.45, 2.75) is 45.4 Å². The summed E-state index contributed by atoms with van der Waals surface area (Å²) in [4.78, 5) is 24.3. The standard InChI is InChI=1S/C18H25FN2O2/c1-2-3-12-20-17(22)13-8-10-14(11-9-13)18(23)21-16-7-5-4-6-15(16)19/h4-7,13-14H,2-3,8-12H2,1H3,(H,20,22)(H,21,23). The average Bonchev–Trinajstić information content (AvgIpc) is 2.57. The van der Waals surface area contributed by atoms with Gasteiger partial charge in [-0.1, -0.05) is 25.5 Å². The lowest BCUT2D eigenvalue weighted by Gasteiger charge is -2.27. The van der Waals surface area contributed by atoms with Crippen molar-refractivity contribution < 1.29 is 14.0 Å². The minimum absolute atomic E-state index is 0.00404. The zero-order chi connectivity index (χ0) is 16.7. The Bertz CT molecular complexity index is 540. The maximum atomic E-state index is 13.6. The number of anilines is 1. The molecule has 1 aromatic carbocycles. The fourth-order valence-electron chi connectivity index (χ4n) is 2.95. The number of carbonyl (C=O) groups is 2. The predicted molar refractivity (Wildman–Crippen MR) is 88.4 cm³/mol. The lowest BCUT2D eigenvalue weighted by molar-refractivity contribution is -0.128. The van der Waals surface area contributed by atoms with Crippen molar-refractivity contribution in [3.8, 4) is 0 Å². The molecule has 0 atom stereocenters. The second-order valence-corrected chi connectivity index (χ2v) is 6.16. The van der Waals surface area contributed by atoms with Crippen molar-refractivity contribution in [2.24, 2.45) is 11.8 Å². The smallest absolute Gasteiger partial charge is 0.227 e. The molecule has 0 bridgehead atoms. The fraction of sp³-hybridized carbons (Fsp3) is 0.556. The monoisotopic (exact) mass is 320 g/mol. The molecule has 1 aliphatic rings. The van der Waals surface area contributed by atoms with Crippen LogP contribution in [0.5, 0.6) is 0 Å². The van der Waals surface area contributed by atoms with Crippen LogP contribution in [0.25, 0.3) is 0 Å². The highest BCUT2D eigenvalue weighted by atomic mass is 19.1. The maximum absolute atomic E-state index is 13.6. The number of halogens is 1. The zero-order valence-electron chi connectivity index (χ0n) is 13.6. The molecule has 1 aromatic rings. The molecule has 23 heavy (non-hydrogen) atoms. The van der Waals surface area contributed by atoms with Crippen molar-refractivity contribution in [3.05, 3.63) is 30.1 Å². The second-order valence-electron chi connectivity index (χ2n) is 6.16. The molecule has 0 aliphatic heterocycles. The van der Waals surface area contributed by atoms with Crippen LogP contribution >= 0.6 is 0 Å². The number of benzene rings is 1. The van der Waals surface area contributed by atoms with E-state index in [1.54, 1.807) is 18.2 Å². The van der Waals surface area contributed by atoms with Gasteiger partial charge in [-0.25, -0.2) is 4.39 Å². The van der Waals surface area contributed by atoms with Crippen LogP contribution in [-0.2, 0) is 9.59 Å². The van der Waals surface area contributed by atoms with Gasteiger partial charge in [-0.05, 0) is 44.2 Å². The number of hydrogen-bond acceptors (Lipinski definition) is 2. The minimum Gasteiger partial charge on any atom is -0.356 e. The Morgan fingerprint density at radius 2 is 1.70 bits per heavy atom. The van der Waals surface area contributed by atoms with Gasteiger partial charge in [-0.15, -0.1) is 0 Å². The Morgan fingerprint density at radius 3 is 2.30 bits per heavy atom. The summed E-state index contributed by atoms with van der Waals surface area (Å²) < 4.78 is 13.6. The molecule has 1 saturated carbocycles. The molecule has 5 heteroatoms. The van der Waals surface area contributed by atoms with E-state index in [1.165, 1.54) is 6.07 Å². The third-order valence-corrected chi connectivity index (χ3v) is 4.43. The second kappa shape index (κ2) is 8.65. The number of amides is 2. The fourth-order valence-corrected chi connectivity index (χ4v) is 2.95. The first-order chi connectivity index (χ1) is 11.1. The molecule has 0 spiro atoms. The maximum Gasteiger partial charge on any atom is 0.227 e. The van der Waals surface area contributed by atoms with Gasteiger partial charge in [0.05, 0.1) is 5.69 Å². The van der Waals surface area contributed by atoms with Gasteiger partial charge in [-0.2, -0.15) is 0 Å². The Morgan fingerprint density at radius 1 is 1.09 bits per heavy atom. The van der Waals surface area contributed by atoms with Crippen molar-refractivity contribution in [2.75, 3.05) is 11.9 Å². The van der Waals surface area contributed by atoms with Crippen LogP contribution in [0.2, 0.25) is 0 Å². The molecule has 2 rings (SSSR count). The Kier molecular flexibility index (Phi) is 6.56. The Hall–Kier alpha value is -1.91. The summed E-state index contributed by atoms with van der Waals surface area (Å²) in [5, 5.41) is 5.61. The quantitative estimate of drug-likeness (QED) is 0.788. The number of para-hydroxylation sites is 1. The molecule has 0 aromatic heterocycles. The summed E-state index contributed by atoms with van der Waals surface area (Å²) in [6.07, 6.45) is 4.83. The summed E-state index contributed by atoms with van der Waals surface area (Å²) in [6.45, 7) is 2.81. The van der Waals surface area contributed by atoms with Gasteiger partial charge >= 0.3 is 0 Å². The van der Waals surface area contributed by atoms with Crippen LogP contribution in [0, 0.1) is 17.7 Å². The third kappa shape index (κ3) is 5.05. The summed E-state index contributed by atoms with van der Waals surface area (Å²) >= 11 is 0. The molecular weight excluding hydrogens is 295 g/mol. The first-order valence-corrected chi connectivity index (χ1v) is 8.45. The first-order valence-electron chi connectivity index (χ1n) is 8.45. The van der Waals surface area contributed by atoms with Gasteiger partial charge in [0, 0.05) is 18.4 Å². The van der Waals surface area contributed by atoms with Crippen LogP contribution in [-0.4, -0.2) is 18.4 Å². The van der Waals surface area contributed by atoms with E-state index >= 15 is 0 Å². The van der Waals surface area contributed by atoms with Gasteiger partial charge in [-0.3, -0.25) is 9.59 Å². The topological polar surface area (TPSA) is 58.2 Å². The highest BCUT2D eigenvalue weighted by Gasteiger charge is 2.30. The van der Waals surface area contributed by atoms with Crippen molar-refractivity contribution in [1.82, 2.24) is 5.32 Å². The molecule has 0 radical (unpaired) electrons. The molecular formula is C18H25FN2O2. The lowest BCUT2D eigenvalue weighted by Crippen LogP contribution is -2.36. The highest BCUT2D eigenvalue weighted by Crippen LogP contribution is 2.30. The first kappa shape index (κ1) is 17.4. The summed E-state index contributed by atoms with van der Waals surface area (Å²) in [5.74, 6) is -0.616. The molecule has 2 N–H and O–H groups in total. The third-order valence-electron chi connectivity index (χ3n) is 4.43. The van der Waals surface area contributed by atoms with Crippen molar-refractivity contribution >= 4 is 17.5 Å². The Labute approximate surface area is 136 Å². The number of rotatable bonds is 6. The number of carbonyl (C=O) groups excluding carboxylic acids is 2. The van der Waals surface area contributed by atoms with Crippen LogP contribution in [0.4, 0.5) is 10.1 Å². The number of nitrogens with one attached hydrogen (secondary N) is 2. The van der Waals surface area contributed by atoms with Crippen molar-refractivity contribution in [1.29, 1.82) is 0 Å². The molecule has 1 fully saturated rings. The SMILES string of the molecule is CCCCNC(=O)C1CCC(C(=O)Nc2ccccc2F)CC1. The van der Waals surface area contributed by atoms with E-state index in [0.29, 0.717) is 25.7 Å². The summed E-state index contributed by atoms with van der Waals surface area (Å²) in [5.41, 5.74) is 0.219. The number of hydrogen-bond donors (Lipinski definition) is 2. The van der Waals surface area contributed by atoms with E-state index in [1.807, 2.05) is 0 Å². The van der Waals surface area contributed by atoms with Crippen molar-refractivity contribution in [3.63, 3.8) is 0 Å². The number of unbranched alkanes of at least 4 members (excludes halogenated alkanes) is 1. The van der Waals surface area contributed by atoms with E-state index in [0.717, 1.165) is 19.4 Å². The van der Waals surface area contributed by atoms with Gasteiger partial charge < -0.3 is 10.6 Å². The van der Waals surface area contributed by atoms with Crippen LogP contribution in [0.1, 0.15) is 45.4 Å². The lowest BCUT2D eigenvalue weighted by atomic mass is 9.81. The largest absolute Gasteiger partial charge is 0.356 e. The Balaban J connectivity index is 1.78. The molecule has 4 nitrogen and oxygen atoms in total. The predicted octanol–water partition coefficient (Wildman–Crippen LogP) is 3.49. The van der Waals surface area contributed by atoms with Crippen LogP contribution in [0.15, 0.2) is 24.3 Å². The average molecular weight is 320 g/mol. The van der Waals surface area contributed by atoms with E-state index in [4.69, 9.17) is 0 Å². The minimum atomic E-state index is -0.426. The van der Waals surface area contributed by atoms with E-state index in [9.17, 15) is 14.0 Å². The molecule has 126 valence electrons. The van der Waals surface area contributed by atoms with E-state index in [2.05, 4.69) is 17.6 Å². The van der Waals surface area contributed by atoms with Gasteiger partial charge in [0.2, 0.25) is 11.8 Å². The molecule has 0 saturated heterocycles. The van der Waals surface area contributed by atoms with Crippen LogP contribution in [0.3, 0.4) is 0 Å². The zero-order valence-corrected chi connectivity index (χ0v) is 13.6.